The number of carbonyl (C=O) groups excluding carboxylic acids is 2. The predicted molar refractivity (Wildman–Crippen MR) is 79.7 cm³/mol. The van der Waals surface area contributed by atoms with E-state index in [0.717, 1.165) is 11.0 Å². The molecule has 1 heterocycles. The van der Waals surface area contributed by atoms with Crippen LogP contribution in [-0.2, 0) is 9.53 Å². The first-order valence-electron chi connectivity index (χ1n) is 5.81. The minimum Gasteiger partial charge on any atom is -0.465 e. The molecule has 0 N–H and O–H groups in total. The van der Waals surface area contributed by atoms with E-state index in [2.05, 4.69) is 31.9 Å². The lowest BCUT2D eigenvalue weighted by atomic mass is 10.1. The van der Waals surface area contributed by atoms with E-state index < -0.39 is 5.97 Å². The number of alkyl halides is 1. The maximum atomic E-state index is 12.0. The summed E-state index contributed by atoms with van der Waals surface area (Å²) < 4.78 is 5.38. The van der Waals surface area contributed by atoms with E-state index in [0.29, 0.717) is 28.9 Å². The largest absolute Gasteiger partial charge is 0.465 e. The first kappa shape index (κ1) is 14.5. The quantitative estimate of drug-likeness (QED) is 0.588. The van der Waals surface area contributed by atoms with Gasteiger partial charge in [0, 0.05) is 28.5 Å². The Morgan fingerprint density at radius 1 is 1.53 bits per heavy atom. The molecule has 1 aliphatic rings. The average Bonchev–Trinajstić information content (AvgIpc) is 2.80. The summed E-state index contributed by atoms with van der Waals surface area (Å²) in [6.07, 6.45) is 0.537. The molecule has 1 fully saturated rings. The topological polar surface area (TPSA) is 46.6 Å². The summed E-state index contributed by atoms with van der Waals surface area (Å²) in [5.41, 5.74) is 1.16. The summed E-state index contributed by atoms with van der Waals surface area (Å²) in [6.45, 7) is 0.673. The van der Waals surface area contributed by atoms with Gasteiger partial charge in [0.25, 0.3) is 0 Å². The molecular weight excluding hydrogens is 378 g/mol. The van der Waals surface area contributed by atoms with Crippen LogP contribution in [0.5, 0.6) is 0 Å². The molecule has 0 saturated carbocycles. The Hall–Kier alpha value is -0.880. The summed E-state index contributed by atoms with van der Waals surface area (Å²) in [6, 6.07) is 5.27. The fourth-order valence-electron chi connectivity index (χ4n) is 2.08. The van der Waals surface area contributed by atoms with Crippen LogP contribution in [-0.4, -0.2) is 30.9 Å². The normalized spacial score (nSPS) is 18.8. The van der Waals surface area contributed by atoms with E-state index in [1.165, 1.54) is 7.11 Å². The van der Waals surface area contributed by atoms with Crippen molar-refractivity contribution in [2.24, 2.45) is 5.92 Å². The van der Waals surface area contributed by atoms with Crippen LogP contribution in [0.4, 0.5) is 5.69 Å². The van der Waals surface area contributed by atoms with Crippen LogP contribution < -0.4 is 4.90 Å². The fraction of sp³-hybridized carbons (Fsp3) is 0.385. The van der Waals surface area contributed by atoms with Crippen molar-refractivity contribution in [3.63, 3.8) is 0 Å². The highest BCUT2D eigenvalue weighted by atomic mass is 79.9. The molecule has 1 amide bonds. The van der Waals surface area contributed by atoms with Gasteiger partial charge in [0.1, 0.15) is 0 Å². The lowest BCUT2D eigenvalue weighted by molar-refractivity contribution is -0.117. The summed E-state index contributed by atoms with van der Waals surface area (Å²) >= 11 is 6.71. The highest BCUT2D eigenvalue weighted by Crippen LogP contribution is 2.29. The molecule has 19 heavy (non-hydrogen) atoms. The van der Waals surface area contributed by atoms with Gasteiger partial charge in [0.2, 0.25) is 5.91 Å². The lowest BCUT2D eigenvalue weighted by Crippen LogP contribution is -2.25. The molecule has 1 unspecified atom stereocenters. The van der Waals surface area contributed by atoms with Crippen LogP contribution in [0.2, 0.25) is 0 Å². The van der Waals surface area contributed by atoms with Crippen LogP contribution in [0.3, 0.4) is 0 Å². The van der Waals surface area contributed by atoms with Crippen molar-refractivity contribution in [3.8, 4) is 0 Å². The number of ether oxygens (including phenoxy) is 1. The Balaban J connectivity index is 2.31. The van der Waals surface area contributed by atoms with E-state index >= 15 is 0 Å². The molecule has 1 saturated heterocycles. The van der Waals surface area contributed by atoms with Gasteiger partial charge in [-0.2, -0.15) is 0 Å². The number of rotatable bonds is 3. The van der Waals surface area contributed by atoms with Gasteiger partial charge < -0.3 is 9.64 Å². The number of benzene rings is 1. The molecular formula is C13H13Br2NO3. The second kappa shape index (κ2) is 6.05. The Morgan fingerprint density at radius 2 is 2.26 bits per heavy atom. The SMILES string of the molecule is COC(=O)c1cc(N2CC(CBr)CC2=O)ccc1Br. The minimum atomic E-state index is -0.419. The Kier molecular flexibility index (Phi) is 4.62. The Morgan fingerprint density at radius 3 is 2.84 bits per heavy atom. The van der Waals surface area contributed by atoms with Gasteiger partial charge >= 0.3 is 5.97 Å². The molecule has 0 aliphatic carbocycles. The van der Waals surface area contributed by atoms with E-state index in [1.807, 2.05) is 6.07 Å². The zero-order chi connectivity index (χ0) is 14.0. The van der Waals surface area contributed by atoms with E-state index in [9.17, 15) is 9.59 Å². The second-order valence-corrected chi connectivity index (χ2v) is 5.89. The monoisotopic (exact) mass is 389 g/mol. The number of methoxy groups -OCH3 is 1. The Labute approximate surface area is 128 Å². The van der Waals surface area contributed by atoms with Crippen molar-refractivity contribution < 1.29 is 14.3 Å². The van der Waals surface area contributed by atoms with Gasteiger partial charge in [-0.1, -0.05) is 15.9 Å². The number of hydrogen-bond acceptors (Lipinski definition) is 3. The molecule has 0 bridgehead atoms. The third kappa shape index (κ3) is 3.00. The number of hydrogen-bond donors (Lipinski definition) is 0. The van der Waals surface area contributed by atoms with Crippen LogP contribution >= 0.6 is 31.9 Å². The van der Waals surface area contributed by atoms with E-state index in [-0.39, 0.29) is 5.91 Å². The van der Waals surface area contributed by atoms with Crippen molar-refractivity contribution in [2.75, 3.05) is 23.9 Å². The highest BCUT2D eigenvalue weighted by molar-refractivity contribution is 9.10. The predicted octanol–water partition coefficient (Wildman–Crippen LogP) is 2.98. The summed E-state index contributed by atoms with van der Waals surface area (Å²) in [5, 5.41) is 0.801. The molecule has 1 aliphatic heterocycles. The molecule has 6 heteroatoms. The van der Waals surface area contributed by atoms with E-state index in [1.54, 1.807) is 17.0 Å². The van der Waals surface area contributed by atoms with Crippen LogP contribution in [0.25, 0.3) is 0 Å². The van der Waals surface area contributed by atoms with Crippen LogP contribution in [0.1, 0.15) is 16.8 Å². The molecule has 0 radical (unpaired) electrons. The van der Waals surface area contributed by atoms with Crippen molar-refractivity contribution in [3.05, 3.63) is 28.2 Å². The third-order valence-corrected chi connectivity index (χ3v) is 4.70. The Bertz CT molecular complexity index is 519. The number of halogens is 2. The van der Waals surface area contributed by atoms with Crippen molar-refractivity contribution in [1.29, 1.82) is 0 Å². The zero-order valence-corrected chi connectivity index (χ0v) is 13.5. The van der Waals surface area contributed by atoms with Gasteiger partial charge in [0.05, 0.1) is 12.7 Å². The maximum absolute atomic E-state index is 12.0. The van der Waals surface area contributed by atoms with Crippen molar-refractivity contribution >= 4 is 49.4 Å². The smallest absolute Gasteiger partial charge is 0.339 e. The number of esters is 1. The number of amides is 1. The number of anilines is 1. The van der Waals surface area contributed by atoms with Crippen molar-refractivity contribution in [1.82, 2.24) is 0 Å². The molecule has 1 aromatic rings. The van der Waals surface area contributed by atoms with Gasteiger partial charge in [-0.25, -0.2) is 4.79 Å². The van der Waals surface area contributed by atoms with E-state index in [4.69, 9.17) is 4.74 Å². The third-order valence-electron chi connectivity index (χ3n) is 3.09. The average molecular weight is 391 g/mol. The highest BCUT2D eigenvalue weighted by Gasteiger charge is 2.30. The van der Waals surface area contributed by atoms with Gasteiger partial charge in [-0.15, -0.1) is 0 Å². The number of nitrogens with zero attached hydrogens (tertiary/aromatic N) is 1. The molecule has 102 valence electrons. The fourth-order valence-corrected chi connectivity index (χ4v) is 2.92. The van der Waals surface area contributed by atoms with Crippen LogP contribution in [0.15, 0.2) is 22.7 Å². The molecule has 0 spiro atoms. The summed E-state index contributed by atoms with van der Waals surface area (Å²) in [7, 11) is 1.34. The molecule has 0 aromatic heterocycles. The van der Waals surface area contributed by atoms with Gasteiger partial charge in [0.15, 0.2) is 0 Å². The standard InChI is InChI=1S/C13H13Br2NO3/c1-19-13(18)10-5-9(2-3-11(10)15)16-7-8(6-14)4-12(16)17/h2-3,5,8H,4,6-7H2,1H3. The summed E-state index contributed by atoms with van der Waals surface area (Å²) in [5.74, 6) is -0.0160. The molecule has 4 nitrogen and oxygen atoms in total. The van der Waals surface area contributed by atoms with Crippen molar-refractivity contribution in [2.45, 2.75) is 6.42 Å². The molecule has 1 aromatic carbocycles. The van der Waals surface area contributed by atoms with Gasteiger partial charge in [-0.05, 0) is 40.0 Å². The second-order valence-electron chi connectivity index (χ2n) is 4.38. The maximum Gasteiger partial charge on any atom is 0.339 e. The first-order valence-corrected chi connectivity index (χ1v) is 7.72. The molecule has 1 atom stereocenters. The zero-order valence-electron chi connectivity index (χ0n) is 10.4. The lowest BCUT2D eigenvalue weighted by Gasteiger charge is -2.17. The first-order chi connectivity index (χ1) is 9.06. The molecule has 2 rings (SSSR count). The van der Waals surface area contributed by atoms with Gasteiger partial charge in [-0.3, -0.25) is 4.79 Å². The minimum absolute atomic E-state index is 0.0857. The summed E-state index contributed by atoms with van der Waals surface area (Å²) in [4.78, 5) is 25.3. The number of carbonyl (C=O) groups is 2. The van der Waals surface area contributed by atoms with Crippen LogP contribution in [0, 0.1) is 5.92 Å².